The number of hydrazone groups is 1. The average molecular weight is 516 g/mol. The lowest BCUT2D eigenvalue weighted by molar-refractivity contribution is -0.120. The lowest BCUT2D eigenvalue weighted by atomic mass is 10.2. The van der Waals surface area contributed by atoms with Crippen LogP contribution in [0.15, 0.2) is 84.0 Å². The third kappa shape index (κ3) is 7.97. The number of hydrogen-bond donors (Lipinski definition) is 2. The van der Waals surface area contributed by atoms with Gasteiger partial charge in [-0.3, -0.25) is 14.9 Å². The maximum absolute atomic E-state index is 12.2. The number of aryl methyl sites for hydroxylation is 1. The standard InChI is InChI=1S/C27H25N5O4S/c1-19-8-5-6-13-23(19)36-15-14-35-22-12-7-9-20(16-22)18-28-30-24(33)17-25-31-32-27(37-25)29-26(34)21-10-3-2-4-11-21/h2-13,16,18H,14-15,17H2,1H3,(H,30,33)(H,29,32,34)/b28-18-. The molecule has 0 unspecified atom stereocenters. The molecule has 0 bridgehead atoms. The highest BCUT2D eigenvalue weighted by Gasteiger charge is 2.12. The molecule has 37 heavy (non-hydrogen) atoms. The van der Waals surface area contributed by atoms with E-state index in [9.17, 15) is 9.59 Å². The van der Waals surface area contributed by atoms with Crippen LogP contribution in [0.2, 0.25) is 0 Å². The third-order valence-electron chi connectivity index (χ3n) is 5.00. The van der Waals surface area contributed by atoms with E-state index in [4.69, 9.17) is 9.47 Å². The molecule has 0 aliphatic heterocycles. The number of anilines is 1. The van der Waals surface area contributed by atoms with Crippen LogP contribution in [0.3, 0.4) is 0 Å². The van der Waals surface area contributed by atoms with E-state index in [0.29, 0.717) is 34.7 Å². The van der Waals surface area contributed by atoms with E-state index in [2.05, 4.69) is 26.0 Å². The van der Waals surface area contributed by atoms with Crippen molar-refractivity contribution >= 4 is 34.5 Å². The summed E-state index contributed by atoms with van der Waals surface area (Å²) in [5.41, 5.74) is 4.82. The van der Waals surface area contributed by atoms with Crippen LogP contribution in [-0.4, -0.2) is 41.4 Å². The normalized spacial score (nSPS) is 10.7. The Morgan fingerprint density at radius 1 is 0.946 bits per heavy atom. The Morgan fingerprint density at radius 2 is 1.73 bits per heavy atom. The molecule has 0 aliphatic rings. The molecule has 0 saturated carbocycles. The topological polar surface area (TPSA) is 115 Å². The second kappa shape index (κ2) is 12.9. The van der Waals surface area contributed by atoms with Gasteiger partial charge in [-0.2, -0.15) is 5.10 Å². The van der Waals surface area contributed by atoms with Gasteiger partial charge in [-0.1, -0.05) is 59.9 Å². The van der Waals surface area contributed by atoms with Crippen LogP contribution in [0.25, 0.3) is 0 Å². The summed E-state index contributed by atoms with van der Waals surface area (Å²) in [5, 5.41) is 15.3. The Labute approximate surface area is 218 Å². The Morgan fingerprint density at radius 3 is 2.57 bits per heavy atom. The zero-order chi connectivity index (χ0) is 25.9. The van der Waals surface area contributed by atoms with Crippen LogP contribution < -0.4 is 20.2 Å². The number of aromatic nitrogens is 2. The van der Waals surface area contributed by atoms with Gasteiger partial charge in [-0.15, -0.1) is 10.2 Å². The molecular weight excluding hydrogens is 490 g/mol. The lowest BCUT2D eigenvalue weighted by Crippen LogP contribution is -2.19. The number of para-hydroxylation sites is 1. The highest BCUT2D eigenvalue weighted by atomic mass is 32.1. The zero-order valence-electron chi connectivity index (χ0n) is 20.1. The Kier molecular flexibility index (Phi) is 8.92. The summed E-state index contributed by atoms with van der Waals surface area (Å²) in [7, 11) is 0. The number of rotatable bonds is 11. The van der Waals surface area contributed by atoms with Gasteiger partial charge in [-0.05, 0) is 48.4 Å². The first-order chi connectivity index (χ1) is 18.1. The van der Waals surface area contributed by atoms with Crippen molar-refractivity contribution in [2.45, 2.75) is 13.3 Å². The third-order valence-corrected chi connectivity index (χ3v) is 5.84. The average Bonchev–Trinajstić information content (AvgIpc) is 3.34. The first-order valence-corrected chi connectivity index (χ1v) is 12.3. The fourth-order valence-corrected chi connectivity index (χ4v) is 3.94. The largest absolute Gasteiger partial charge is 0.490 e. The SMILES string of the molecule is Cc1ccccc1OCCOc1cccc(/C=N\NC(=O)Cc2nnc(NC(=O)c3ccccc3)s2)c1. The first-order valence-electron chi connectivity index (χ1n) is 11.5. The number of nitrogens with one attached hydrogen (secondary N) is 2. The molecule has 0 spiro atoms. The van der Waals surface area contributed by atoms with Crippen molar-refractivity contribution in [3.63, 3.8) is 0 Å². The molecule has 0 aliphatic carbocycles. The van der Waals surface area contributed by atoms with Gasteiger partial charge in [0, 0.05) is 5.56 Å². The van der Waals surface area contributed by atoms with Crippen molar-refractivity contribution in [2.75, 3.05) is 18.5 Å². The predicted octanol–water partition coefficient (Wildman–Crippen LogP) is 4.25. The molecule has 4 rings (SSSR count). The van der Waals surface area contributed by atoms with E-state index >= 15 is 0 Å². The maximum Gasteiger partial charge on any atom is 0.257 e. The second-order valence-corrected chi connectivity index (χ2v) is 8.89. The molecule has 188 valence electrons. The number of benzene rings is 3. The van der Waals surface area contributed by atoms with Gasteiger partial charge in [0.25, 0.3) is 5.91 Å². The van der Waals surface area contributed by atoms with Gasteiger partial charge >= 0.3 is 0 Å². The van der Waals surface area contributed by atoms with Crippen LogP contribution in [0.5, 0.6) is 11.5 Å². The smallest absolute Gasteiger partial charge is 0.257 e. The summed E-state index contributed by atoms with van der Waals surface area (Å²) >= 11 is 1.13. The molecule has 3 aromatic carbocycles. The van der Waals surface area contributed by atoms with E-state index in [1.807, 2.05) is 61.5 Å². The van der Waals surface area contributed by atoms with Crippen molar-refractivity contribution in [3.05, 3.63) is 101 Å². The quantitative estimate of drug-likeness (QED) is 0.175. The monoisotopic (exact) mass is 515 g/mol. The molecule has 10 heteroatoms. The van der Waals surface area contributed by atoms with Crippen LogP contribution in [0.1, 0.15) is 26.5 Å². The molecule has 0 fully saturated rings. The second-order valence-electron chi connectivity index (χ2n) is 7.83. The van der Waals surface area contributed by atoms with Crippen molar-refractivity contribution < 1.29 is 19.1 Å². The number of nitrogens with zero attached hydrogens (tertiary/aromatic N) is 3. The van der Waals surface area contributed by atoms with Crippen LogP contribution >= 0.6 is 11.3 Å². The van der Waals surface area contributed by atoms with Crippen LogP contribution in [0.4, 0.5) is 5.13 Å². The van der Waals surface area contributed by atoms with Gasteiger partial charge in [0.1, 0.15) is 29.7 Å². The van der Waals surface area contributed by atoms with Gasteiger partial charge in [0.15, 0.2) is 0 Å². The number of hydrogen-bond acceptors (Lipinski definition) is 8. The molecular formula is C27H25N5O4S. The van der Waals surface area contributed by atoms with E-state index < -0.39 is 0 Å². The van der Waals surface area contributed by atoms with Gasteiger partial charge in [0.05, 0.1) is 12.6 Å². The van der Waals surface area contributed by atoms with Crippen molar-refractivity contribution in [1.82, 2.24) is 15.6 Å². The number of carbonyl (C=O) groups excluding carboxylic acids is 2. The fraction of sp³-hybridized carbons (Fsp3) is 0.148. The summed E-state index contributed by atoms with van der Waals surface area (Å²) in [6.45, 7) is 2.80. The minimum absolute atomic E-state index is 0.0136. The van der Waals surface area contributed by atoms with Crippen molar-refractivity contribution in [2.24, 2.45) is 5.10 Å². The first kappa shape index (κ1) is 25.5. The van der Waals surface area contributed by atoms with Gasteiger partial charge in [-0.25, -0.2) is 5.43 Å². The fourth-order valence-electron chi connectivity index (χ4n) is 3.20. The molecule has 9 nitrogen and oxygen atoms in total. The zero-order valence-corrected chi connectivity index (χ0v) is 20.9. The highest BCUT2D eigenvalue weighted by molar-refractivity contribution is 7.15. The molecule has 2 N–H and O–H groups in total. The van der Waals surface area contributed by atoms with Crippen molar-refractivity contribution in [3.8, 4) is 11.5 Å². The minimum atomic E-state index is -0.353. The number of carbonyl (C=O) groups is 2. The molecule has 1 heterocycles. The summed E-state index contributed by atoms with van der Waals surface area (Å²) in [6, 6.07) is 23.9. The minimum Gasteiger partial charge on any atom is -0.490 e. The summed E-state index contributed by atoms with van der Waals surface area (Å²) < 4.78 is 11.5. The van der Waals surface area contributed by atoms with Crippen LogP contribution in [0, 0.1) is 6.92 Å². The van der Waals surface area contributed by atoms with E-state index in [0.717, 1.165) is 28.2 Å². The Balaban J connectivity index is 1.20. The van der Waals surface area contributed by atoms with Gasteiger partial charge in [0.2, 0.25) is 11.0 Å². The number of ether oxygens (including phenoxy) is 2. The molecule has 0 atom stereocenters. The molecule has 2 amide bonds. The summed E-state index contributed by atoms with van der Waals surface area (Å²) in [5.74, 6) is 0.864. The predicted molar refractivity (Wildman–Crippen MR) is 142 cm³/mol. The molecule has 1 aromatic heterocycles. The summed E-state index contributed by atoms with van der Waals surface area (Å²) in [4.78, 5) is 24.4. The highest BCUT2D eigenvalue weighted by Crippen LogP contribution is 2.18. The van der Waals surface area contributed by atoms with Crippen molar-refractivity contribution in [1.29, 1.82) is 0 Å². The molecule has 0 radical (unpaired) electrons. The Hall–Kier alpha value is -4.57. The lowest BCUT2D eigenvalue weighted by Gasteiger charge is -2.10. The van der Waals surface area contributed by atoms with E-state index in [1.165, 1.54) is 6.21 Å². The molecule has 4 aromatic rings. The maximum atomic E-state index is 12.2. The van der Waals surface area contributed by atoms with Gasteiger partial charge < -0.3 is 9.47 Å². The van der Waals surface area contributed by atoms with Crippen LogP contribution in [-0.2, 0) is 11.2 Å². The Bertz CT molecular complexity index is 1370. The van der Waals surface area contributed by atoms with E-state index in [-0.39, 0.29) is 18.2 Å². The molecule has 0 saturated heterocycles. The number of amides is 2. The van der Waals surface area contributed by atoms with E-state index in [1.54, 1.807) is 24.3 Å². The summed E-state index contributed by atoms with van der Waals surface area (Å²) in [6.07, 6.45) is 1.51.